The van der Waals surface area contributed by atoms with Crippen molar-refractivity contribution in [1.82, 2.24) is 14.4 Å². The first kappa shape index (κ1) is 17.3. The van der Waals surface area contributed by atoms with E-state index in [2.05, 4.69) is 15.7 Å². The van der Waals surface area contributed by atoms with Crippen molar-refractivity contribution in [3.8, 4) is 0 Å². The van der Waals surface area contributed by atoms with Gasteiger partial charge in [-0.2, -0.15) is 0 Å². The fourth-order valence-electron chi connectivity index (χ4n) is 6.35. The van der Waals surface area contributed by atoms with Crippen molar-refractivity contribution >= 4 is 28.0 Å². The second-order valence-electron chi connectivity index (χ2n) is 9.10. The molecule has 0 aromatic carbocycles. The predicted octanol–water partition coefficient (Wildman–Crippen LogP) is 3.87. The van der Waals surface area contributed by atoms with Gasteiger partial charge in [0.25, 0.3) is 11.5 Å². The Labute approximate surface area is 172 Å². The molecule has 7 rings (SSSR count). The standard InChI is InChI=1S/C22H22N4O2S/c27-19(16-11-23-18-3-1-2-4-26(18)20(16)28)25-21-24-17(12-29-21)22-8-13-5-14(9-22)7-15(6-13)10-22/h1-4,11-15H,5-10H2,(H,24,25,27). The average molecular weight is 407 g/mol. The number of rotatable bonds is 3. The van der Waals surface area contributed by atoms with Crippen LogP contribution in [-0.2, 0) is 5.41 Å². The van der Waals surface area contributed by atoms with Crippen LogP contribution < -0.4 is 10.9 Å². The Hall–Kier alpha value is -2.54. The summed E-state index contributed by atoms with van der Waals surface area (Å²) in [6, 6.07) is 5.29. The Balaban J connectivity index is 1.27. The second-order valence-corrected chi connectivity index (χ2v) is 9.95. The highest BCUT2D eigenvalue weighted by molar-refractivity contribution is 7.14. The summed E-state index contributed by atoms with van der Waals surface area (Å²) < 4.78 is 1.39. The minimum absolute atomic E-state index is 0.0280. The van der Waals surface area contributed by atoms with Gasteiger partial charge in [0.05, 0.1) is 5.69 Å². The van der Waals surface area contributed by atoms with Crippen LogP contribution in [0.4, 0.5) is 5.13 Å². The van der Waals surface area contributed by atoms with Crippen LogP contribution in [0, 0.1) is 17.8 Å². The van der Waals surface area contributed by atoms with Crippen molar-refractivity contribution in [3.63, 3.8) is 0 Å². The van der Waals surface area contributed by atoms with Crippen LogP contribution in [0.3, 0.4) is 0 Å². The summed E-state index contributed by atoms with van der Waals surface area (Å²) in [5, 5.41) is 5.52. The first-order valence-corrected chi connectivity index (χ1v) is 11.2. The summed E-state index contributed by atoms with van der Waals surface area (Å²) >= 11 is 1.46. The topological polar surface area (TPSA) is 76.4 Å². The smallest absolute Gasteiger partial charge is 0.270 e. The Morgan fingerprint density at radius 3 is 2.59 bits per heavy atom. The maximum absolute atomic E-state index is 12.7. The summed E-state index contributed by atoms with van der Waals surface area (Å²) in [6.07, 6.45) is 10.9. The number of pyridine rings is 1. The lowest BCUT2D eigenvalue weighted by atomic mass is 9.49. The number of hydrogen-bond donors (Lipinski definition) is 1. The molecule has 4 fully saturated rings. The monoisotopic (exact) mass is 406 g/mol. The molecule has 0 atom stereocenters. The van der Waals surface area contributed by atoms with E-state index in [1.807, 2.05) is 6.07 Å². The maximum atomic E-state index is 12.7. The van der Waals surface area contributed by atoms with Crippen LogP contribution in [0.25, 0.3) is 5.65 Å². The Kier molecular flexibility index (Phi) is 3.72. The number of fused-ring (bicyclic) bond motifs is 1. The molecule has 4 aliphatic carbocycles. The zero-order valence-corrected chi connectivity index (χ0v) is 16.8. The molecule has 1 N–H and O–H groups in total. The van der Waals surface area contributed by atoms with Crippen LogP contribution in [0.15, 0.2) is 40.8 Å². The van der Waals surface area contributed by atoms with Gasteiger partial charge >= 0.3 is 0 Å². The Bertz CT molecular complexity index is 1150. The lowest BCUT2D eigenvalue weighted by Crippen LogP contribution is -2.48. The molecular formula is C22H22N4O2S. The molecule has 0 unspecified atom stereocenters. The molecule has 148 valence electrons. The molecule has 6 nitrogen and oxygen atoms in total. The molecule has 3 aromatic rings. The van der Waals surface area contributed by atoms with Crippen LogP contribution in [0.1, 0.15) is 54.6 Å². The quantitative estimate of drug-likeness (QED) is 0.716. The van der Waals surface area contributed by atoms with Gasteiger partial charge in [0, 0.05) is 23.2 Å². The van der Waals surface area contributed by atoms with Gasteiger partial charge in [0.15, 0.2) is 5.13 Å². The molecule has 4 saturated carbocycles. The predicted molar refractivity (Wildman–Crippen MR) is 111 cm³/mol. The van der Waals surface area contributed by atoms with E-state index in [0.717, 1.165) is 23.4 Å². The van der Waals surface area contributed by atoms with Crippen LogP contribution in [0.2, 0.25) is 0 Å². The van der Waals surface area contributed by atoms with Crippen LogP contribution in [-0.4, -0.2) is 20.3 Å². The molecule has 0 saturated heterocycles. The summed E-state index contributed by atoms with van der Waals surface area (Å²) in [4.78, 5) is 34.4. The Morgan fingerprint density at radius 1 is 1.14 bits per heavy atom. The first-order valence-electron chi connectivity index (χ1n) is 10.3. The van der Waals surface area contributed by atoms with Crippen LogP contribution >= 0.6 is 11.3 Å². The van der Waals surface area contributed by atoms with Crippen molar-refractivity contribution in [2.24, 2.45) is 17.8 Å². The van der Waals surface area contributed by atoms with Crippen LogP contribution in [0.5, 0.6) is 0 Å². The Morgan fingerprint density at radius 2 is 1.86 bits per heavy atom. The summed E-state index contributed by atoms with van der Waals surface area (Å²) in [5.74, 6) is 2.10. The zero-order chi connectivity index (χ0) is 19.6. The number of nitrogens with one attached hydrogen (secondary N) is 1. The zero-order valence-electron chi connectivity index (χ0n) is 16.0. The van der Waals surface area contributed by atoms with E-state index in [0.29, 0.717) is 10.8 Å². The van der Waals surface area contributed by atoms with Gasteiger partial charge in [-0.25, -0.2) is 9.97 Å². The fraction of sp³-hybridized carbons (Fsp3) is 0.455. The number of carbonyl (C=O) groups is 1. The number of thiazole rings is 1. The molecule has 3 heterocycles. The number of hydrogen-bond acceptors (Lipinski definition) is 5. The normalized spacial score (nSPS) is 30.0. The minimum Gasteiger partial charge on any atom is -0.298 e. The summed E-state index contributed by atoms with van der Waals surface area (Å²) in [6.45, 7) is 0. The van der Waals surface area contributed by atoms with Gasteiger partial charge in [0.2, 0.25) is 0 Å². The molecule has 0 radical (unpaired) electrons. The molecule has 3 aromatic heterocycles. The van der Waals surface area contributed by atoms with Crippen molar-refractivity contribution < 1.29 is 4.79 Å². The first-order chi connectivity index (χ1) is 14.1. The molecule has 4 aliphatic rings. The van der Waals surface area contributed by atoms with Gasteiger partial charge in [-0.05, 0) is 68.4 Å². The van der Waals surface area contributed by atoms with E-state index in [9.17, 15) is 9.59 Å². The molecule has 0 spiro atoms. The second kappa shape index (κ2) is 6.23. The number of nitrogens with zero attached hydrogens (tertiary/aromatic N) is 3. The number of carbonyl (C=O) groups excluding carboxylic acids is 1. The van der Waals surface area contributed by atoms with E-state index in [-0.39, 0.29) is 16.5 Å². The van der Waals surface area contributed by atoms with Gasteiger partial charge in [-0.3, -0.25) is 19.3 Å². The third-order valence-corrected chi connectivity index (χ3v) is 7.92. The summed E-state index contributed by atoms with van der Waals surface area (Å²) in [5.41, 5.74) is 1.53. The van der Waals surface area contributed by atoms with E-state index in [1.165, 1.54) is 60.5 Å². The molecule has 7 heteroatoms. The van der Waals surface area contributed by atoms with Gasteiger partial charge in [-0.1, -0.05) is 6.07 Å². The third kappa shape index (κ3) is 2.74. The SMILES string of the molecule is O=C(Nc1nc(C23CC4CC(CC(C4)C2)C3)cs1)c1cnc2ccccn2c1=O. The molecule has 4 bridgehead atoms. The van der Waals surface area contributed by atoms with E-state index < -0.39 is 5.91 Å². The molecule has 1 amide bonds. The minimum atomic E-state index is -0.452. The highest BCUT2D eigenvalue weighted by atomic mass is 32.1. The van der Waals surface area contributed by atoms with Crippen molar-refractivity contribution in [2.75, 3.05) is 5.32 Å². The number of amides is 1. The lowest BCUT2D eigenvalue weighted by Gasteiger charge is -2.56. The van der Waals surface area contributed by atoms with Crippen molar-refractivity contribution in [3.05, 3.63) is 57.6 Å². The largest absolute Gasteiger partial charge is 0.298 e. The highest BCUT2D eigenvalue weighted by Crippen LogP contribution is 2.60. The van der Waals surface area contributed by atoms with Gasteiger partial charge < -0.3 is 0 Å². The fourth-order valence-corrected chi connectivity index (χ4v) is 7.17. The maximum Gasteiger partial charge on any atom is 0.270 e. The highest BCUT2D eigenvalue weighted by Gasteiger charge is 2.52. The number of aromatic nitrogens is 3. The van der Waals surface area contributed by atoms with E-state index in [4.69, 9.17) is 4.98 Å². The molecule has 0 aliphatic heterocycles. The van der Waals surface area contributed by atoms with Gasteiger partial charge in [0.1, 0.15) is 11.2 Å². The van der Waals surface area contributed by atoms with Crippen molar-refractivity contribution in [1.29, 1.82) is 0 Å². The average Bonchev–Trinajstić information content (AvgIpc) is 3.17. The third-order valence-electron chi connectivity index (χ3n) is 7.16. The van der Waals surface area contributed by atoms with Gasteiger partial charge in [-0.15, -0.1) is 11.3 Å². The number of anilines is 1. The lowest BCUT2D eigenvalue weighted by molar-refractivity contribution is -0.00688. The molecular weight excluding hydrogens is 384 g/mol. The molecule has 29 heavy (non-hydrogen) atoms. The van der Waals surface area contributed by atoms with Crippen molar-refractivity contribution in [2.45, 2.75) is 43.9 Å². The summed E-state index contributed by atoms with van der Waals surface area (Å²) in [7, 11) is 0. The van der Waals surface area contributed by atoms with E-state index in [1.54, 1.807) is 18.3 Å². The van der Waals surface area contributed by atoms with E-state index >= 15 is 0 Å².